The quantitative estimate of drug-likeness (QED) is 0.0368. The van der Waals surface area contributed by atoms with Gasteiger partial charge in [-0.3, -0.25) is 34.7 Å². The third-order valence-electron chi connectivity index (χ3n) is 7.06. The number of carbonyl (C=O) groups is 7. The number of ether oxygens (including phenoxy) is 2. The number of amides is 7. The van der Waals surface area contributed by atoms with Crippen molar-refractivity contribution in [2.75, 3.05) is 25.0 Å². The molecule has 0 saturated heterocycles. The molecule has 0 radical (unpaired) electrons. The van der Waals surface area contributed by atoms with Crippen molar-refractivity contribution in [2.45, 2.75) is 117 Å². The zero-order chi connectivity index (χ0) is 41.4. The van der Waals surface area contributed by atoms with Gasteiger partial charge in [0.25, 0.3) is 5.91 Å². The molecule has 1 aromatic rings. The summed E-state index contributed by atoms with van der Waals surface area (Å²) >= 11 is 0. The third kappa shape index (κ3) is 24.4. The molecule has 17 heteroatoms. The Bertz CT molecular complexity index is 1480. The molecular formula is C38H60N8O9. The van der Waals surface area contributed by atoms with Gasteiger partial charge in [-0.1, -0.05) is 38.5 Å². The van der Waals surface area contributed by atoms with Gasteiger partial charge in [0.2, 0.25) is 17.7 Å². The molecule has 1 rings (SSSR count). The SMILES string of the molecule is C=CC(=O)NCCCCCC(=O)NCCCCCCNC(=O)C(CC(=O)OC(C)(C)C)NC(=O)NNC(=O)c1cccc(NC(=C)NC(=O)OC(C)(C)C)c1. The van der Waals surface area contributed by atoms with Gasteiger partial charge < -0.3 is 36.1 Å². The Morgan fingerprint density at radius 2 is 1.36 bits per heavy atom. The second-order valence-electron chi connectivity index (χ2n) is 14.6. The highest BCUT2D eigenvalue weighted by atomic mass is 16.6. The van der Waals surface area contributed by atoms with E-state index in [0.717, 1.165) is 38.5 Å². The number of urea groups is 1. The number of unbranched alkanes of at least 4 members (excludes halogenated alkanes) is 5. The molecule has 0 aliphatic carbocycles. The van der Waals surface area contributed by atoms with E-state index in [2.05, 4.69) is 55.9 Å². The molecule has 0 aliphatic rings. The molecule has 0 heterocycles. The summed E-state index contributed by atoms with van der Waals surface area (Å²) in [4.78, 5) is 86.3. The Morgan fingerprint density at radius 3 is 1.98 bits per heavy atom. The van der Waals surface area contributed by atoms with Crippen LogP contribution < -0.4 is 42.8 Å². The molecule has 8 N–H and O–H groups in total. The van der Waals surface area contributed by atoms with Crippen LogP contribution in [0.2, 0.25) is 0 Å². The first kappa shape index (κ1) is 47.4. The lowest BCUT2D eigenvalue weighted by atomic mass is 10.1. The molecule has 0 bridgehead atoms. The van der Waals surface area contributed by atoms with Crippen molar-refractivity contribution >= 4 is 47.4 Å². The van der Waals surface area contributed by atoms with Crippen LogP contribution in [0, 0.1) is 0 Å². The molecule has 0 aliphatic heterocycles. The average molecular weight is 773 g/mol. The molecule has 0 spiro atoms. The van der Waals surface area contributed by atoms with E-state index in [1.54, 1.807) is 53.7 Å². The van der Waals surface area contributed by atoms with Crippen LogP contribution >= 0.6 is 0 Å². The van der Waals surface area contributed by atoms with Gasteiger partial charge in [-0.05, 0) is 91.5 Å². The van der Waals surface area contributed by atoms with E-state index in [1.165, 1.54) is 18.2 Å². The van der Waals surface area contributed by atoms with Gasteiger partial charge in [0.1, 0.15) is 23.1 Å². The number of anilines is 1. The summed E-state index contributed by atoms with van der Waals surface area (Å²) in [6.07, 6.45) is 5.82. The first-order valence-electron chi connectivity index (χ1n) is 18.4. The monoisotopic (exact) mass is 772 g/mol. The van der Waals surface area contributed by atoms with Crippen LogP contribution in [0.25, 0.3) is 0 Å². The lowest BCUT2D eigenvalue weighted by Gasteiger charge is -2.23. The van der Waals surface area contributed by atoms with Gasteiger partial charge in [0.05, 0.1) is 6.42 Å². The van der Waals surface area contributed by atoms with Crippen molar-refractivity contribution in [2.24, 2.45) is 0 Å². The number of hydrogen-bond donors (Lipinski definition) is 8. The molecule has 17 nitrogen and oxygen atoms in total. The fourth-order valence-electron chi connectivity index (χ4n) is 4.64. The van der Waals surface area contributed by atoms with Gasteiger partial charge in [0.15, 0.2) is 0 Å². The van der Waals surface area contributed by atoms with Gasteiger partial charge >= 0.3 is 18.1 Å². The Kier molecular flexibility index (Phi) is 21.3. The van der Waals surface area contributed by atoms with Crippen LogP contribution in [0.15, 0.2) is 49.3 Å². The first-order valence-corrected chi connectivity index (χ1v) is 18.4. The number of benzene rings is 1. The number of hydrazine groups is 1. The number of alkyl carbamates (subject to hydrolysis) is 1. The van der Waals surface area contributed by atoms with E-state index >= 15 is 0 Å². The topological polar surface area (TPSA) is 234 Å². The lowest BCUT2D eigenvalue weighted by molar-refractivity contribution is -0.156. The minimum Gasteiger partial charge on any atom is -0.460 e. The van der Waals surface area contributed by atoms with E-state index in [9.17, 15) is 33.6 Å². The van der Waals surface area contributed by atoms with E-state index in [0.29, 0.717) is 31.6 Å². The highest BCUT2D eigenvalue weighted by Crippen LogP contribution is 2.13. The molecule has 306 valence electrons. The van der Waals surface area contributed by atoms with E-state index in [1.807, 2.05) is 0 Å². The molecule has 0 saturated carbocycles. The fourth-order valence-corrected chi connectivity index (χ4v) is 4.64. The second kappa shape index (κ2) is 24.7. The van der Waals surface area contributed by atoms with Crippen LogP contribution in [-0.2, 0) is 28.7 Å². The van der Waals surface area contributed by atoms with E-state index < -0.39 is 53.6 Å². The maximum absolute atomic E-state index is 13.0. The Labute approximate surface area is 323 Å². The highest BCUT2D eigenvalue weighted by molar-refractivity contribution is 5.97. The Hall–Kier alpha value is -5.61. The maximum atomic E-state index is 13.0. The zero-order valence-electron chi connectivity index (χ0n) is 33.0. The number of hydrogen-bond acceptors (Lipinski definition) is 10. The fraction of sp³-hybridized carbons (Fsp3) is 0.553. The lowest BCUT2D eigenvalue weighted by Crippen LogP contribution is -2.54. The van der Waals surface area contributed by atoms with Crippen LogP contribution in [-0.4, -0.2) is 78.6 Å². The number of carbonyl (C=O) groups excluding carboxylic acids is 7. The molecule has 1 unspecified atom stereocenters. The summed E-state index contributed by atoms with van der Waals surface area (Å²) in [5.74, 6) is -2.13. The molecule has 0 aromatic heterocycles. The Morgan fingerprint density at radius 1 is 0.764 bits per heavy atom. The van der Waals surface area contributed by atoms with Crippen molar-refractivity contribution in [3.63, 3.8) is 0 Å². The van der Waals surface area contributed by atoms with Gasteiger partial charge in [-0.25, -0.2) is 15.0 Å². The van der Waals surface area contributed by atoms with Crippen molar-refractivity contribution in [1.82, 2.24) is 37.4 Å². The summed E-state index contributed by atoms with van der Waals surface area (Å²) in [5, 5.41) is 16.0. The average Bonchev–Trinajstić information content (AvgIpc) is 3.07. The largest absolute Gasteiger partial charge is 0.460 e. The predicted molar refractivity (Wildman–Crippen MR) is 208 cm³/mol. The molecule has 55 heavy (non-hydrogen) atoms. The summed E-state index contributed by atoms with van der Waals surface area (Å²) in [7, 11) is 0. The van der Waals surface area contributed by atoms with Crippen LogP contribution in [0.4, 0.5) is 15.3 Å². The van der Waals surface area contributed by atoms with E-state index in [-0.39, 0.29) is 29.7 Å². The van der Waals surface area contributed by atoms with Crippen molar-refractivity contribution in [1.29, 1.82) is 0 Å². The van der Waals surface area contributed by atoms with Crippen molar-refractivity contribution < 1.29 is 43.0 Å². The van der Waals surface area contributed by atoms with Crippen molar-refractivity contribution in [3.05, 3.63) is 54.9 Å². The number of rotatable bonds is 22. The van der Waals surface area contributed by atoms with Gasteiger partial charge in [-0.2, -0.15) is 0 Å². The maximum Gasteiger partial charge on any atom is 0.413 e. The van der Waals surface area contributed by atoms with Crippen LogP contribution in [0.3, 0.4) is 0 Å². The third-order valence-corrected chi connectivity index (χ3v) is 7.06. The minimum absolute atomic E-state index is 0.0193. The van der Waals surface area contributed by atoms with Gasteiger partial charge in [-0.15, -0.1) is 0 Å². The molecule has 1 aromatic carbocycles. The minimum atomic E-state index is -1.30. The van der Waals surface area contributed by atoms with Crippen LogP contribution in [0.1, 0.15) is 110 Å². The second-order valence-corrected chi connectivity index (χ2v) is 14.6. The smallest absolute Gasteiger partial charge is 0.413 e. The molecule has 0 fully saturated rings. The molecule has 1 atom stereocenters. The number of nitrogens with one attached hydrogen (secondary N) is 8. The number of esters is 1. The van der Waals surface area contributed by atoms with E-state index in [4.69, 9.17) is 9.47 Å². The summed E-state index contributed by atoms with van der Waals surface area (Å²) in [6, 6.07) is 3.88. The molecule has 7 amide bonds. The van der Waals surface area contributed by atoms with Crippen molar-refractivity contribution in [3.8, 4) is 0 Å². The summed E-state index contributed by atoms with van der Waals surface area (Å²) in [5.41, 5.74) is 3.46. The summed E-state index contributed by atoms with van der Waals surface area (Å²) in [6.45, 7) is 18.7. The van der Waals surface area contributed by atoms with Crippen LogP contribution in [0.5, 0.6) is 0 Å². The summed E-state index contributed by atoms with van der Waals surface area (Å²) < 4.78 is 10.5. The first-order chi connectivity index (χ1) is 25.8. The highest BCUT2D eigenvalue weighted by Gasteiger charge is 2.27. The Balaban J connectivity index is 2.53. The standard InChI is InChI=1S/C38H60N8O9/c1-9-30(47)39-21-16-12-13-20-31(48)40-22-14-10-11-15-23-41-34(51)29(25-32(49)54-37(3,4)5)44-35(52)46-45-33(50)27-18-17-19-28(24-27)42-26(2)43-36(53)55-38(6,7)8/h9,17-19,24,29,42H,1-2,10-16,20-23,25H2,3-8H3,(H,39,47)(H,40,48)(H,41,51)(H,43,53)(H,45,50)(H2,44,46,52). The molecular weight excluding hydrogens is 712 g/mol. The van der Waals surface area contributed by atoms with Gasteiger partial charge in [0, 0.05) is 37.3 Å². The normalized spacial score (nSPS) is 11.5. The zero-order valence-corrected chi connectivity index (χ0v) is 33.0. The predicted octanol–water partition coefficient (Wildman–Crippen LogP) is 3.79.